The van der Waals surface area contributed by atoms with Gasteiger partial charge in [0.25, 0.3) is 5.56 Å². The van der Waals surface area contributed by atoms with E-state index in [-0.39, 0.29) is 17.2 Å². The fourth-order valence-corrected chi connectivity index (χ4v) is 4.69. The topological polar surface area (TPSA) is 79.8 Å². The third-order valence-electron chi connectivity index (χ3n) is 5.60. The standard InChI is InChI=1S/C26H22N4O2S/c1-16-9-3-6-12-19(16)27-22(31)15-33-26-29-23-18-11-5-7-13-20(18)28-24(23)25(32)30(26)21-14-8-4-10-17(21)2/h3-14,28H,15H2,1-2H3,(H,27,31). The number of hydrogen-bond acceptors (Lipinski definition) is 4. The molecule has 2 heterocycles. The highest BCUT2D eigenvalue weighted by Crippen LogP contribution is 2.27. The number of aromatic nitrogens is 3. The summed E-state index contributed by atoms with van der Waals surface area (Å²) < 4.78 is 1.60. The summed E-state index contributed by atoms with van der Waals surface area (Å²) in [6.07, 6.45) is 0. The molecule has 0 bridgehead atoms. The molecule has 0 aliphatic rings. The van der Waals surface area contributed by atoms with E-state index in [0.29, 0.717) is 16.2 Å². The van der Waals surface area contributed by atoms with E-state index in [1.54, 1.807) is 4.57 Å². The second-order valence-corrected chi connectivity index (χ2v) is 8.81. The number of aromatic amines is 1. The van der Waals surface area contributed by atoms with Gasteiger partial charge in [-0.05, 0) is 43.2 Å². The van der Waals surface area contributed by atoms with Crippen LogP contribution >= 0.6 is 11.8 Å². The summed E-state index contributed by atoms with van der Waals surface area (Å²) in [5, 5.41) is 4.31. The number of thioether (sulfide) groups is 1. The highest BCUT2D eigenvalue weighted by molar-refractivity contribution is 7.99. The second kappa shape index (κ2) is 8.60. The van der Waals surface area contributed by atoms with Gasteiger partial charge in [-0.1, -0.05) is 66.4 Å². The zero-order valence-corrected chi connectivity index (χ0v) is 19.1. The smallest absolute Gasteiger partial charge is 0.283 e. The number of carbonyl (C=O) groups is 1. The van der Waals surface area contributed by atoms with Crippen molar-refractivity contribution in [1.82, 2.24) is 14.5 Å². The van der Waals surface area contributed by atoms with Gasteiger partial charge in [-0.3, -0.25) is 14.2 Å². The number of nitrogens with one attached hydrogen (secondary N) is 2. The largest absolute Gasteiger partial charge is 0.349 e. The molecule has 0 radical (unpaired) electrons. The van der Waals surface area contributed by atoms with E-state index >= 15 is 0 Å². The second-order valence-electron chi connectivity index (χ2n) is 7.87. The molecule has 1 amide bonds. The van der Waals surface area contributed by atoms with Crippen LogP contribution in [0, 0.1) is 13.8 Å². The van der Waals surface area contributed by atoms with Gasteiger partial charge in [0, 0.05) is 16.6 Å². The molecule has 164 valence electrons. The highest BCUT2D eigenvalue weighted by atomic mass is 32.2. The van der Waals surface area contributed by atoms with Crippen LogP contribution in [0.4, 0.5) is 5.69 Å². The first kappa shape index (κ1) is 21.0. The molecule has 0 aliphatic carbocycles. The summed E-state index contributed by atoms with van der Waals surface area (Å²) in [4.78, 5) is 34.4. The Bertz CT molecular complexity index is 1570. The first-order chi connectivity index (χ1) is 16.0. The number of amides is 1. The predicted molar refractivity (Wildman–Crippen MR) is 134 cm³/mol. The van der Waals surface area contributed by atoms with Crippen molar-refractivity contribution in [3.63, 3.8) is 0 Å². The molecule has 0 spiro atoms. The molecule has 0 aliphatic heterocycles. The Labute approximate surface area is 194 Å². The van der Waals surface area contributed by atoms with E-state index in [1.165, 1.54) is 11.8 Å². The van der Waals surface area contributed by atoms with Gasteiger partial charge in [-0.15, -0.1) is 0 Å². The highest BCUT2D eigenvalue weighted by Gasteiger charge is 2.19. The maximum Gasteiger partial charge on any atom is 0.283 e. The molecule has 6 nitrogen and oxygen atoms in total. The van der Waals surface area contributed by atoms with Crippen molar-refractivity contribution < 1.29 is 4.79 Å². The molecule has 33 heavy (non-hydrogen) atoms. The number of carbonyl (C=O) groups excluding carboxylic acids is 1. The van der Waals surface area contributed by atoms with Crippen molar-refractivity contribution in [2.24, 2.45) is 0 Å². The lowest BCUT2D eigenvalue weighted by atomic mass is 10.2. The van der Waals surface area contributed by atoms with Crippen LogP contribution in [0.2, 0.25) is 0 Å². The van der Waals surface area contributed by atoms with Crippen LogP contribution in [0.25, 0.3) is 27.6 Å². The molecule has 0 saturated heterocycles. The summed E-state index contributed by atoms with van der Waals surface area (Å²) in [6, 6.07) is 23.0. The number of nitrogens with zero attached hydrogens (tertiary/aromatic N) is 2. The lowest BCUT2D eigenvalue weighted by Crippen LogP contribution is -2.23. The van der Waals surface area contributed by atoms with Gasteiger partial charge in [0.1, 0.15) is 11.0 Å². The number of aryl methyl sites for hydroxylation is 2. The lowest BCUT2D eigenvalue weighted by molar-refractivity contribution is -0.113. The molecule has 0 fully saturated rings. The molecular weight excluding hydrogens is 432 g/mol. The summed E-state index contributed by atoms with van der Waals surface area (Å²) in [5.41, 5.74) is 5.20. The minimum absolute atomic E-state index is 0.126. The fraction of sp³-hybridized carbons (Fsp3) is 0.115. The maximum absolute atomic E-state index is 13.6. The Morgan fingerprint density at radius 1 is 0.970 bits per heavy atom. The molecule has 0 unspecified atom stereocenters. The van der Waals surface area contributed by atoms with Crippen LogP contribution in [0.3, 0.4) is 0 Å². The van der Waals surface area contributed by atoms with Crippen LogP contribution < -0.4 is 10.9 Å². The van der Waals surface area contributed by atoms with Gasteiger partial charge < -0.3 is 10.3 Å². The molecule has 3 aromatic carbocycles. The normalized spacial score (nSPS) is 11.2. The van der Waals surface area contributed by atoms with Crippen LogP contribution in [-0.4, -0.2) is 26.2 Å². The summed E-state index contributed by atoms with van der Waals surface area (Å²) in [5.74, 6) is -0.0283. The predicted octanol–water partition coefficient (Wildman–Crippen LogP) is 5.21. The average Bonchev–Trinajstić information content (AvgIpc) is 3.19. The molecule has 2 aromatic heterocycles. The van der Waals surface area contributed by atoms with Gasteiger partial charge in [0.15, 0.2) is 5.16 Å². The summed E-state index contributed by atoms with van der Waals surface area (Å²) in [6.45, 7) is 3.90. The quantitative estimate of drug-likeness (QED) is 0.282. The maximum atomic E-state index is 13.6. The number of rotatable bonds is 5. The van der Waals surface area contributed by atoms with Crippen molar-refractivity contribution in [2.45, 2.75) is 19.0 Å². The van der Waals surface area contributed by atoms with Crippen molar-refractivity contribution in [3.8, 4) is 5.69 Å². The van der Waals surface area contributed by atoms with Crippen molar-refractivity contribution in [2.75, 3.05) is 11.1 Å². The van der Waals surface area contributed by atoms with Gasteiger partial charge in [0.05, 0.1) is 11.4 Å². The third-order valence-corrected chi connectivity index (χ3v) is 6.54. The van der Waals surface area contributed by atoms with E-state index in [0.717, 1.165) is 33.4 Å². The van der Waals surface area contributed by atoms with Crippen molar-refractivity contribution >= 4 is 45.3 Å². The Morgan fingerprint density at radius 3 is 2.45 bits per heavy atom. The SMILES string of the molecule is Cc1ccccc1NC(=O)CSc1nc2c([nH]c3ccccc32)c(=O)n1-c1ccccc1C. The lowest BCUT2D eigenvalue weighted by Gasteiger charge is -2.14. The van der Waals surface area contributed by atoms with Crippen molar-refractivity contribution in [1.29, 1.82) is 0 Å². The van der Waals surface area contributed by atoms with E-state index in [2.05, 4.69) is 10.3 Å². The zero-order chi connectivity index (χ0) is 22.9. The number of benzene rings is 3. The van der Waals surface area contributed by atoms with Gasteiger partial charge >= 0.3 is 0 Å². The monoisotopic (exact) mass is 454 g/mol. The minimum atomic E-state index is -0.188. The Balaban J connectivity index is 1.59. The molecule has 2 N–H and O–H groups in total. The van der Waals surface area contributed by atoms with Gasteiger partial charge in [0.2, 0.25) is 5.91 Å². The molecular formula is C26H22N4O2S. The Hall–Kier alpha value is -3.84. The Morgan fingerprint density at radius 2 is 1.67 bits per heavy atom. The summed E-state index contributed by atoms with van der Waals surface area (Å²) >= 11 is 1.25. The van der Waals surface area contributed by atoms with E-state index in [9.17, 15) is 9.59 Å². The van der Waals surface area contributed by atoms with Crippen LogP contribution in [0.1, 0.15) is 11.1 Å². The number of hydrogen-bond donors (Lipinski definition) is 2. The van der Waals surface area contributed by atoms with Gasteiger partial charge in [-0.2, -0.15) is 0 Å². The molecule has 0 atom stereocenters. The first-order valence-electron chi connectivity index (χ1n) is 10.6. The summed E-state index contributed by atoms with van der Waals surface area (Å²) in [7, 11) is 0. The average molecular weight is 455 g/mol. The molecule has 0 saturated carbocycles. The van der Waals surface area contributed by atoms with E-state index in [1.807, 2.05) is 86.6 Å². The van der Waals surface area contributed by atoms with Crippen LogP contribution in [-0.2, 0) is 4.79 Å². The molecule has 7 heteroatoms. The van der Waals surface area contributed by atoms with Gasteiger partial charge in [-0.25, -0.2) is 4.98 Å². The van der Waals surface area contributed by atoms with Crippen molar-refractivity contribution in [3.05, 3.63) is 94.3 Å². The number of para-hydroxylation sites is 3. The zero-order valence-electron chi connectivity index (χ0n) is 18.3. The fourth-order valence-electron chi connectivity index (χ4n) is 3.90. The molecule has 5 rings (SSSR count). The number of fused-ring (bicyclic) bond motifs is 3. The Kier molecular flexibility index (Phi) is 5.48. The first-order valence-corrected chi connectivity index (χ1v) is 11.6. The van der Waals surface area contributed by atoms with Crippen LogP contribution in [0.15, 0.2) is 82.7 Å². The van der Waals surface area contributed by atoms with Crippen LogP contribution in [0.5, 0.6) is 0 Å². The third kappa shape index (κ3) is 3.91. The number of H-pyrrole nitrogens is 1. The molecule has 5 aromatic rings. The van der Waals surface area contributed by atoms with E-state index < -0.39 is 0 Å². The minimum Gasteiger partial charge on any atom is -0.349 e. The van der Waals surface area contributed by atoms with E-state index in [4.69, 9.17) is 4.98 Å². The number of anilines is 1.